The van der Waals surface area contributed by atoms with Crippen molar-refractivity contribution in [1.82, 2.24) is 9.21 Å². The lowest BCUT2D eigenvalue weighted by Gasteiger charge is -2.19. The maximum atomic E-state index is 13.9. The number of likely N-dealkylation sites (N-methyl/N-ethyl adjacent to an activating group) is 1. The molecule has 0 aliphatic carbocycles. The molecule has 0 aliphatic heterocycles. The summed E-state index contributed by atoms with van der Waals surface area (Å²) in [5, 5.41) is 0.191. The number of amides is 1. The highest BCUT2D eigenvalue weighted by Crippen LogP contribution is 2.20. The fourth-order valence-corrected chi connectivity index (χ4v) is 4.49. The van der Waals surface area contributed by atoms with Gasteiger partial charge in [0, 0.05) is 37.3 Å². The zero-order valence-corrected chi connectivity index (χ0v) is 19.0. The third kappa shape index (κ3) is 6.03. The first-order valence-electron chi connectivity index (χ1n) is 9.56. The number of rotatable bonds is 9. The molecule has 0 fully saturated rings. The van der Waals surface area contributed by atoms with Crippen molar-refractivity contribution in [2.24, 2.45) is 0 Å². The molecule has 7 nitrogen and oxygen atoms in total. The number of ether oxygens (including phenoxy) is 1. The Labute approximate surface area is 186 Å². The first-order chi connectivity index (χ1) is 14.6. The molecule has 2 aromatic rings. The Morgan fingerprint density at radius 3 is 2.23 bits per heavy atom. The smallest absolute Gasteiger partial charge is 0.338 e. The van der Waals surface area contributed by atoms with E-state index in [2.05, 4.69) is 0 Å². The lowest BCUT2D eigenvalue weighted by atomic mass is 10.2. The Hall–Kier alpha value is -2.49. The molecule has 168 valence electrons. The lowest BCUT2D eigenvalue weighted by molar-refractivity contribution is -0.133. The van der Waals surface area contributed by atoms with Gasteiger partial charge in [0.05, 0.1) is 10.5 Å². The number of nitrogens with zero attached hydrogens (tertiary/aromatic N) is 2. The van der Waals surface area contributed by atoms with Crippen molar-refractivity contribution in [1.29, 1.82) is 0 Å². The van der Waals surface area contributed by atoms with Gasteiger partial charge in [-0.25, -0.2) is 17.6 Å². The molecule has 0 aromatic heterocycles. The predicted octanol–water partition coefficient (Wildman–Crippen LogP) is 3.33. The van der Waals surface area contributed by atoms with Gasteiger partial charge in [-0.3, -0.25) is 4.79 Å². The van der Waals surface area contributed by atoms with Crippen LogP contribution in [0.4, 0.5) is 4.39 Å². The van der Waals surface area contributed by atoms with Gasteiger partial charge in [-0.1, -0.05) is 31.5 Å². The van der Waals surface area contributed by atoms with E-state index in [-0.39, 0.29) is 27.6 Å². The second-order valence-electron chi connectivity index (χ2n) is 6.64. The summed E-state index contributed by atoms with van der Waals surface area (Å²) in [7, 11) is -2.20. The van der Waals surface area contributed by atoms with Crippen molar-refractivity contribution >= 4 is 33.5 Å². The number of hydrogen-bond acceptors (Lipinski definition) is 5. The molecule has 2 aromatic carbocycles. The molecule has 0 N–H and O–H groups in total. The Bertz CT molecular complexity index is 1020. The zero-order chi connectivity index (χ0) is 23.2. The summed E-state index contributed by atoms with van der Waals surface area (Å²) in [5.74, 6) is -1.87. The molecule has 0 saturated carbocycles. The largest absolute Gasteiger partial charge is 0.452 e. The van der Waals surface area contributed by atoms with Gasteiger partial charge < -0.3 is 9.64 Å². The maximum Gasteiger partial charge on any atom is 0.338 e. The van der Waals surface area contributed by atoms with Crippen LogP contribution >= 0.6 is 11.6 Å². The summed E-state index contributed by atoms with van der Waals surface area (Å²) in [4.78, 5) is 25.7. The van der Waals surface area contributed by atoms with E-state index in [0.29, 0.717) is 13.1 Å². The van der Waals surface area contributed by atoms with E-state index >= 15 is 0 Å². The highest BCUT2D eigenvalue weighted by atomic mass is 35.5. The van der Waals surface area contributed by atoms with Crippen LogP contribution in [0.2, 0.25) is 5.02 Å². The zero-order valence-electron chi connectivity index (χ0n) is 17.5. The van der Waals surface area contributed by atoms with E-state index in [9.17, 15) is 22.4 Å². The normalized spacial score (nSPS) is 11.4. The molecule has 0 bridgehead atoms. The summed E-state index contributed by atoms with van der Waals surface area (Å²) in [5.41, 5.74) is 0.266. The minimum Gasteiger partial charge on any atom is -0.452 e. The van der Waals surface area contributed by atoms with Gasteiger partial charge in [0.2, 0.25) is 10.0 Å². The standard InChI is InChI=1S/C21H24ClFN2O5S/c1-4-25(5-2)31(28,29)16-11-9-15(10-12-16)21(27)30-14-20(26)24(3)13-17-18(22)7-6-8-19(17)23/h6-12H,4-5,13-14H2,1-3H3. The summed E-state index contributed by atoms with van der Waals surface area (Å²) < 4.78 is 45.2. The van der Waals surface area contributed by atoms with Crippen molar-refractivity contribution in [3.05, 3.63) is 64.4 Å². The van der Waals surface area contributed by atoms with E-state index in [1.54, 1.807) is 13.8 Å². The minimum atomic E-state index is -3.64. The average Bonchev–Trinajstić information content (AvgIpc) is 2.75. The van der Waals surface area contributed by atoms with E-state index in [1.165, 1.54) is 58.7 Å². The Balaban J connectivity index is 1.98. The van der Waals surface area contributed by atoms with Gasteiger partial charge in [-0.2, -0.15) is 4.31 Å². The minimum absolute atomic E-state index is 0.0605. The monoisotopic (exact) mass is 470 g/mol. The molecule has 1 amide bonds. The lowest BCUT2D eigenvalue weighted by Crippen LogP contribution is -2.31. The van der Waals surface area contributed by atoms with Crippen LogP contribution in [-0.4, -0.2) is 56.2 Å². The first kappa shape index (κ1) is 24.8. The van der Waals surface area contributed by atoms with E-state index < -0.39 is 34.3 Å². The number of hydrogen-bond donors (Lipinski definition) is 0. The summed E-state index contributed by atoms with van der Waals surface area (Å²) in [6, 6.07) is 9.50. The SMILES string of the molecule is CCN(CC)S(=O)(=O)c1ccc(C(=O)OCC(=O)N(C)Cc2c(F)cccc2Cl)cc1. The van der Waals surface area contributed by atoms with Crippen LogP contribution in [0.1, 0.15) is 29.8 Å². The quantitative estimate of drug-likeness (QED) is 0.525. The molecular weight excluding hydrogens is 447 g/mol. The van der Waals surface area contributed by atoms with Crippen LogP contribution in [0.5, 0.6) is 0 Å². The molecule has 0 spiro atoms. The molecule has 0 radical (unpaired) electrons. The molecule has 0 atom stereocenters. The molecule has 0 unspecified atom stereocenters. The van der Waals surface area contributed by atoms with Crippen molar-refractivity contribution in [3.8, 4) is 0 Å². The van der Waals surface area contributed by atoms with Crippen LogP contribution in [0.25, 0.3) is 0 Å². The Kier molecular flexibility index (Phi) is 8.55. The van der Waals surface area contributed by atoms with E-state index in [0.717, 1.165) is 0 Å². The van der Waals surface area contributed by atoms with Gasteiger partial charge >= 0.3 is 5.97 Å². The number of esters is 1. The topological polar surface area (TPSA) is 84.0 Å². The third-order valence-electron chi connectivity index (χ3n) is 4.64. The first-order valence-corrected chi connectivity index (χ1v) is 11.4. The fourth-order valence-electron chi connectivity index (χ4n) is 2.81. The second-order valence-corrected chi connectivity index (χ2v) is 8.98. The van der Waals surface area contributed by atoms with Crippen LogP contribution in [0.3, 0.4) is 0 Å². The molecule has 2 rings (SSSR count). The van der Waals surface area contributed by atoms with Crippen LogP contribution in [-0.2, 0) is 26.1 Å². The Morgan fingerprint density at radius 1 is 1.06 bits per heavy atom. The van der Waals surface area contributed by atoms with Crippen molar-refractivity contribution < 1.29 is 27.1 Å². The van der Waals surface area contributed by atoms with Crippen LogP contribution < -0.4 is 0 Å². The van der Waals surface area contributed by atoms with E-state index in [1.807, 2.05) is 0 Å². The van der Waals surface area contributed by atoms with Crippen molar-refractivity contribution in [2.45, 2.75) is 25.3 Å². The summed E-state index contributed by atoms with van der Waals surface area (Å²) >= 11 is 5.96. The number of carbonyl (C=O) groups is 2. The van der Waals surface area contributed by atoms with Gasteiger partial charge in [-0.05, 0) is 36.4 Å². The molecule has 0 aliphatic rings. The van der Waals surface area contributed by atoms with Crippen LogP contribution in [0, 0.1) is 5.82 Å². The number of halogens is 2. The molecular formula is C21H24ClFN2O5S. The summed E-state index contributed by atoms with van der Waals surface area (Å²) in [6.07, 6.45) is 0. The number of benzene rings is 2. The third-order valence-corrected chi connectivity index (χ3v) is 7.06. The second kappa shape index (κ2) is 10.7. The molecule has 31 heavy (non-hydrogen) atoms. The number of sulfonamides is 1. The molecule has 10 heteroatoms. The molecule has 0 saturated heterocycles. The predicted molar refractivity (Wildman–Crippen MR) is 115 cm³/mol. The number of carbonyl (C=O) groups excluding carboxylic acids is 2. The fraction of sp³-hybridized carbons (Fsp3) is 0.333. The maximum absolute atomic E-state index is 13.9. The van der Waals surface area contributed by atoms with Gasteiger partial charge in [-0.15, -0.1) is 0 Å². The van der Waals surface area contributed by atoms with Crippen molar-refractivity contribution in [3.63, 3.8) is 0 Å². The van der Waals surface area contributed by atoms with Gasteiger partial charge in [0.1, 0.15) is 5.82 Å². The summed E-state index contributed by atoms with van der Waals surface area (Å²) in [6.45, 7) is 3.50. The van der Waals surface area contributed by atoms with Gasteiger partial charge in [0.25, 0.3) is 5.91 Å². The van der Waals surface area contributed by atoms with Crippen LogP contribution in [0.15, 0.2) is 47.4 Å². The average molecular weight is 471 g/mol. The molecule has 0 heterocycles. The van der Waals surface area contributed by atoms with Crippen molar-refractivity contribution in [2.75, 3.05) is 26.7 Å². The van der Waals surface area contributed by atoms with Gasteiger partial charge in [0.15, 0.2) is 6.61 Å². The highest BCUT2D eigenvalue weighted by Gasteiger charge is 2.22. The highest BCUT2D eigenvalue weighted by molar-refractivity contribution is 7.89. The van der Waals surface area contributed by atoms with E-state index in [4.69, 9.17) is 16.3 Å². The Morgan fingerprint density at radius 2 is 1.68 bits per heavy atom.